The molecule has 0 fully saturated rings. The van der Waals surface area contributed by atoms with Gasteiger partial charge in [-0.05, 0) is 41.5 Å². The summed E-state index contributed by atoms with van der Waals surface area (Å²) in [5.41, 5.74) is 1.81. The van der Waals surface area contributed by atoms with Gasteiger partial charge in [0.05, 0.1) is 0 Å². The lowest BCUT2D eigenvalue weighted by molar-refractivity contribution is -0.132. The Morgan fingerprint density at radius 1 is 0.893 bits per heavy atom. The average molecular weight is 373 g/mol. The largest absolute Gasteiger partial charge is 0.489 e. The molecule has 0 aliphatic carbocycles. The number of hydrogen-bond donors (Lipinski definition) is 2. The Hall–Kier alpha value is -3.86. The molecule has 28 heavy (non-hydrogen) atoms. The molecule has 0 aliphatic rings. The van der Waals surface area contributed by atoms with Gasteiger partial charge in [0.15, 0.2) is 0 Å². The molecule has 0 atom stereocenters. The standard InChI is InChI=1S/C23H19NO4/c25-22(19-11-5-2-6-12-19)24-21(23(26)27)15-18-10-7-13-20(14-18)28-16-17-8-3-1-4-9-17/h1-15H,16H2,(H,24,25)(H,26,27). The van der Waals surface area contributed by atoms with Gasteiger partial charge in [-0.3, -0.25) is 4.79 Å². The van der Waals surface area contributed by atoms with Crippen molar-refractivity contribution in [2.24, 2.45) is 0 Å². The molecule has 0 aliphatic heterocycles. The molecule has 0 saturated carbocycles. The monoisotopic (exact) mass is 373 g/mol. The third-order valence-electron chi connectivity index (χ3n) is 3.93. The molecule has 5 heteroatoms. The number of aliphatic carboxylic acids is 1. The minimum atomic E-state index is -1.22. The number of ether oxygens (including phenoxy) is 1. The lowest BCUT2D eigenvalue weighted by Crippen LogP contribution is -2.27. The molecular weight excluding hydrogens is 354 g/mol. The van der Waals surface area contributed by atoms with Gasteiger partial charge in [0.2, 0.25) is 0 Å². The SMILES string of the molecule is O=C(O)C(=Cc1cccc(OCc2ccccc2)c1)NC(=O)c1ccccc1. The van der Waals surface area contributed by atoms with Crippen molar-refractivity contribution >= 4 is 18.0 Å². The van der Waals surface area contributed by atoms with E-state index < -0.39 is 11.9 Å². The Kier molecular flexibility index (Phi) is 6.21. The van der Waals surface area contributed by atoms with Crippen molar-refractivity contribution in [1.29, 1.82) is 0 Å². The summed E-state index contributed by atoms with van der Waals surface area (Å²) in [4.78, 5) is 23.8. The second kappa shape index (κ2) is 9.19. The number of hydrogen-bond acceptors (Lipinski definition) is 3. The molecule has 140 valence electrons. The van der Waals surface area contributed by atoms with Crippen LogP contribution in [0.25, 0.3) is 6.08 Å². The number of carboxylic acid groups (broad SMARTS) is 1. The maximum Gasteiger partial charge on any atom is 0.352 e. The predicted octanol–water partition coefficient (Wildman–Crippen LogP) is 4.12. The highest BCUT2D eigenvalue weighted by atomic mass is 16.5. The smallest absolute Gasteiger partial charge is 0.352 e. The number of amides is 1. The molecule has 0 unspecified atom stereocenters. The van der Waals surface area contributed by atoms with Gasteiger partial charge in [-0.25, -0.2) is 4.79 Å². The number of rotatable bonds is 7. The predicted molar refractivity (Wildman–Crippen MR) is 107 cm³/mol. The topological polar surface area (TPSA) is 75.6 Å². The van der Waals surface area contributed by atoms with E-state index in [0.717, 1.165) is 5.56 Å². The number of carbonyl (C=O) groups excluding carboxylic acids is 1. The van der Waals surface area contributed by atoms with Gasteiger partial charge in [0.1, 0.15) is 18.1 Å². The molecule has 0 aromatic heterocycles. The van der Waals surface area contributed by atoms with E-state index in [-0.39, 0.29) is 5.70 Å². The fraction of sp³-hybridized carbons (Fsp3) is 0.0435. The van der Waals surface area contributed by atoms with E-state index in [1.807, 2.05) is 30.3 Å². The molecule has 0 saturated heterocycles. The highest BCUT2D eigenvalue weighted by molar-refractivity contribution is 6.02. The van der Waals surface area contributed by atoms with Crippen LogP contribution in [0.15, 0.2) is 90.6 Å². The normalized spacial score (nSPS) is 10.9. The molecule has 3 aromatic carbocycles. The highest BCUT2D eigenvalue weighted by Gasteiger charge is 2.13. The van der Waals surface area contributed by atoms with Crippen LogP contribution in [-0.2, 0) is 11.4 Å². The molecule has 0 heterocycles. The zero-order valence-electron chi connectivity index (χ0n) is 15.0. The van der Waals surface area contributed by atoms with E-state index in [4.69, 9.17) is 4.74 Å². The summed E-state index contributed by atoms with van der Waals surface area (Å²) in [6.07, 6.45) is 1.40. The zero-order valence-corrected chi connectivity index (χ0v) is 15.0. The lowest BCUT2D eigenvalue weighted by atomic mass is 10.1. The average Bonchev–Trinajstić information content (AvgIpc) is 2.73. The molecule has 0 bridgehead atoms. The fourth-order valence-corrected chi connectivity index (χ4v) is 2.54. The van der Waals surface area contributed by atoms with E-state index in [9.17, 15) is 14.7 Å². The number of carbonyl (C=O) groups is 2. The Bertz CT molecular complexity index is 982. The summed E-state index contributed by atoms with van der Waals surface area (Å²) >= 11 is 0. The summed E-state index contributed by atoms with van der Waals surface area (Å²) in [5.74, 6) is -1.10. The van der Waals surface area contributed by atoms with Gasteiger partial charge < -0.3 is 15.2 Å². The van der Waals surface area contributed by atoms with Crippen molar-refractivity contribution in [2.75, 3.05) is 0 Å². The third-order valence-corrected chi connectivity index (χ3v) is 3.93. The first-order valence-corrected chi connectivity index (χ1v) is 8.70. The van der Waals surface area contributed by atoms with Crippen LogP contribution in [0, 0.1) is 0 Å². The van der Waals surface area contributed by atoms with Crippen LogP contribution in [0.5, 0.6) is 5.75 Å². The van der Waals surface area contributed by atoms with Crippen LogP contribution in [-0.4, -0.2) is 17.0 Å². The molecule has 3 aromatic rings. The fourth-order valence-electron chi connectivity index (χ4n) is 2.54. The molecule has 5 nitrogen and oxygen atoms in total. The van der Waals surface area contributed by atoms with Gasteiger partial charge >= 0.3 is 5.97 Å². The van der Waals surface area contributed by atoms with E-state index in [2.05, 4.69) is 5.32 Å². The Labute approximate surface area is 162 Å². The molecule has 2 N–H and O–H groups in total. The van der Waals surface area contributed by atoms with Crippen LogP contribution in [0.3, 0.4) is 0 Å². The van der Waals surface area contributed by atoms with Crippen LogP contribution < -0.4 is 10.1 Å². The second-order valence-electron chi connectivity index (χ2n) is 6.03. The first-order chi connectivity index (χ1) is 13.6. The van der Waals surface area contributed by atoms with Gasteiger partial charge in [0.25, 0.3) is 5.91 Å². The number of carboxylic acids is 1. The quantitative estimate of drug-likeness (QED) is 0.611. The highest BCUT2D eigenvalue weighted by Crippen LogP contribution is 2.17. The van der Waals surface area contributed by atoms with Crippen molar-refractivity contribution in [3.63, 3.8) is 0 Å². The molecular formula is C23H19NO4. The second-order valence-corrected chi connectivity index (χ2v) is 6.03. The first kappa shape index (κ1) is 18.9. The molecule has 0 spiro atoms. The molecule has 1 amide bonds. The van der Waals surface area contributed by atoms with Crippen LogP contribution in [0.4, 0.5) is 0 Å². The van der Waals surface area contributed by atoms with Crippen molar-refractivity contribution in [2.45, 2.75) is 6.61 Å². The number of nitrogens with one attached hydrogen (secondary N) is 1. The van der Waals surface area contributed by atoms with Gasteiger partial charge in [-0.15, -0.1) is 0 Å². The molecule has 0 radical (unpaired) electrons. The van der Waals surface area contributed by atoms with Crippen molar-refractivity contribution in [3.05, 3.63) is 107 Å². The van der Waals surface area contributed by atoms with Crippen molar-refractivity contribution in [3.8, 4) is 5.75 Å². The lowest BCUT2D eigenvalue weighted by Gasteiger charge is -2.08. The van der Waals surface area contributed by atoms with Crippen molar-refractivity contribution in [1.82, 2.24) is 5.32 Å². The van der Waals surface area contributed by atoms with E-state index in [1.54, 1.807) is 54.6 Å². The summed E-state index contributed by atoms with van der Waals surface area (Å²) in [5, 5.41) is 11.9. The van der Waals surface area contributed by atoms with Crippen LogP contribution >= 0.6 is 0 Å². The van der Waals surface area contributed by atoms with E-state index >= 15 is 0 Å². The van der Waals surface area contributed by atoms with Gasteiger partial charge in [-0.2, -0.15) is 0 Å². The summed E-state index contributed by atoms with van der Waals surface area (Å²) in [6, 6.07) is 25.2. The molecule has 3 rings (SSSR count). The summed E-state index contributed by atoms with van der Waals surface area (Å²) < 4.78 is 5.76. The van der Waals surface area contributed by atoms with E-state index in [1.165, 1.54) is 6.08 Å². The maximum absolute atomic E-state index is 12.2. The van der Waals surface area contributed by atoms with Crippen molar-refractivity contribution < 1.29 is 19.4 Å². The third kappa shape index (κ3) is 5.32. The van der Waals surface area contributed by atoms with Gasteiger partial charge in [-0.1, -0.05) is 60.7 Å². The first-order valence-electron chi connectivity index (χ1n) is 8.70. The minimum Gasteiger partial charge on any atom is -0.489 e. The number of benzene rings is 3. The zero-order chi connectivity index (χ0) is 19.8. The van der Waals surface area contributed by atoms with Crippen LogP contribution in [0.1, 0.15) is 21.5 Å². The van der Waals surface area contributed by atoms with Crippen LogP contribution in [0.2, 0.25) is 0 Å². The Morgan fingerprint density at radius 2 is 1.57 bits per heavy atom. The summed E-state index contributed by atoms with van der Waals surface area (Å²) in [6.45, 7) is 0.407. The van der Waals surface area contributed by atoms with E-state index in [0.29, 0.717) is 23.5 Å². The Morgan fingerprint density at radius 3 is 2.25 bits per heavy atom. The Balaban J connectivity index is 1.73. The van der Waals surface area contributed by atoms with Gasteiger partial charge in [0, 0.05) is 5.56 Å². The maximum atomic E-state index is 12.2. The minimum absolute atomic E-state index is 0.214. The summed E-state index contributed by atoms with van der Waals surface area (Å²) in [7, 11) is 0.